The number of benzene rings is 1. The van der Waals surface area contributed by atoms with Gasteiger partial charge in [0.2, 0.25) is 0 Å². The fraction of sp³-hybridized carbons (Fsp3) is 0.364. The van der Waals surface area contributed by atoms with Crippen molar-refractivity contribution < 1.29 is 9.47 Å². The van der Waals surface area contributed by atoms with Crippen LogP contribution in [0.3, 0.4) is 0 Å². The van der Waals surface area contributed by atoms with E-state index in [-0.39, 0.29) is 0 Å². The zero-order valence-electron chi connectivity index (χ0n) is 8.93. The van der Waals surface area contributed by atoms with Crippen molar-refractivity contribution in [2.75, 3.05) is 14.2 Å². The highest BCUT2D eigenvalue weighted by Gasteiger charge is 2.15. The lowest BCUT2D eigenvalue weighted by Gasteiger charge is -2.14. The van der Waals surface area contributed by atoms with Gasteiger partial charge in [-0.15, -0.1) is 0 Å². The molecule has 4 heteroatoms. The average Bonchev–Trinajstić information content (AvgIpc) is 2.23. The van der Waals surface area contributed by atoms with Crippen molar-refractivity contribution in [2.45, 2.75) is 13.3 Å². The molecule has 0 saturated carbocycles. The predicted molar refractivity (Wildman–Crippen MR) is 61.3 cm³/mol. The van der Waals surface area contributed by atoms with Crippen LogP contribution in [0.1, 0.15) is 11.1 Å². The molecule has 0 bridgehead atoms. The molecule has 1 rings (SSSR count). The molecule has 3 nitrogen and oxygen atoms in total. The molecule has 0 aliphatic heterocycles. The predicted octanol–water partition coefficient (Wildman–Crippen LogP) is 2.84. The number of halogens is 1. The van der Waals surface area contributed by atoms with Crippen LogP contribution in [0.2, 0.25) is 0 Å². The number of rotatable bonds is 3. The SMILES string of the molecule is COc1c(CC#N)cc(Br)c(C)c1OC. The Morgan fingerprint density at radius 2 is 1.93 bits per heavy atom. The Morgan fingerprint density at radius 1 is 1.33 bits per heavy atom. The van der Waals surface area contributed by atoms with Gasteiger partial charge in [0.05, 0.1) is 26.7 Å². The molecule has 80 valence electrons. The fourth-order valence-corrected chi connectivity index (χ4v) is 1.89. The normalized spacial score (nSPS) is 9.53. The highest BCUT2D eigenvalue weighted by atomic mass is 79.9. The zero-order chi connectivity index (χ0) is 11.4. The summed E-state index contributed by atoms with van der Waals surface area (Å²) in [5.41, 5.74) is 1.80. The molecule has 0 aliphatic rings. The maximum atomic E-state index is 8.70. The molecular formula is C11H12BrNO2. The van der Waals surface area contributed by atoms with Crippen LogP contribution < -0.4 is 9.47 Å². The van der Waals surface area contributed by atoms with Crippen LogP contribution >= 0.6 is 15.9 Å². The molecule has 0 radical (unpaired) electrons. The number of methoxy groups -OCH3 is 2. The Hall–Kier alpha value is -1.21. The highest BCUT2D eigenvalue weighted by Crippen LogP contribution is 2.38. The molecule has 0 unspecified atom stereocenters. The Morgan fingerprint density at radius 3 is 2.40 bits per heavy atom. The molecule has 0 heterocycles. The summed E-state index contributed by atoms with van der Waals surface area (Å²) in [6.07, 6.45) is 0.304. The van der Waals surface area contributed by atoms with Crippen molar-refractivity contribution in [3.05, 3.63) is 21.7 Å². The minimum absolute atomic E-state index is 0.304. The summed E-state index contributed by atoms with van der Waals surface area (Å²) < 4.78 is 11.5. The van der Waals surface area contributed by atoms with Crippen LogP contribution in [0.15, 0.2) is 10.5 Å². The Kier molecular flexibility index (Phi) is 3.98. The van der Waals surface area contributed by atoms with E-state index in [1.807, 2.05) is 13.0 Å². The average molecular weight is 270 g/mol. The maximum absolute atomic E-state index is 8.70. The first-order valence-electron chi connectivity index (χ1n) is 4.42. The lowest BCUT2D eigenvalue weighted by atomic mass is 10.1. The Bertz CT molecular complexity index is 410. The first-order valence-corrected chi connectivity index (χ1v) is 5.21. The number of hydrogen-bond donors (Lipinski definition) is 0. The van der Waals surface area contributed by atoms with Gasteiger partial charge in [0, 0.05) is 15.6 Å². The van der Waals surface area contributed by atoms with Crippen molar-refractivity contribution in [1.29, 1.82) is 5.26 Å². The Labute approximate surface area is 97.7 Å². The van der Waals surface area contributed by atoms with E-state index in [9.17, 15) is 0 Å². The van der Waals surface area contributed by atoms with Crippen LogP contribution in [0.4, 0.5) is 0 Å². The van der Waals surface area contributed by atoms with E-state index < -0.39 is 0 Å². The maximum Gasteiger partial charge on any atom is 0.165 e. The molecular weight excluding hydrogens is 258 g/mol. The van der Waals surface area contributed by atoms with Crippen molar-refractivity contribution >= 4 is 15.9 Å². The smallest absolute Gasteiger partial charge is 0.165 e. The van der Waals surface area contributed by atoms with Gasteiger partial charge in [-0.05, 0) is 13.0 Å². The number of nitrogens with zero attached hydrogens (tertiary/aromatic N) is 1. The van der Waals surface area contributed by atoms with Crippen LogP contribution in [0.5, 0.6) is 11.5 Å². The number of nitriles is 1. The molecule has 0 N–H and O–H groups in total. The lowest BCUT2D eigenvalue weighted by molar-refractivity contribution is 0.350. The van der Waals surface area contributed by atoms with E-state index in [0.717, 1.165) is 15.6 Å². The largest absolute Gasteiger partial charge is 0.493 e. The van der Waals surface area contributed by atoms with E-state index >= 15 is 0 Å². The summed E-state index contributed by atoms with van der Waals surface area (Å²) in [6, 6.07) is 3.99. The lowest BCUT2D eigenvalue weighted by Crippen LogP contribution is -1.98. The van der Waals surface area contributed by atoms with Crippen molar-refractivity contribution in [3.63, 3.8) is 0 Å². The van der Waals surface area contributed by atoms with E-state index in [2.05, 4.69) is 22.0 Å². The van der Waals surface area contributed by atoms with E-state index in [1.165, 1.54) is 0 Å². The summed E-state index contributed by atoms with van der Waals surface area (Å²) >= 11 is 3.43. The Balaban J connectivity index is 3.41. The minimum atomic E-state index is 0.304. The molecule has 0 spiro atoms. The zero-order valence-corrected chi connectivity index (χ0v) is 10.5. The minimum Gasteiger partial charge on any atom is -0.493 e. The molecule has 15 heavy (non-hydrogen) atoms. The van der Waals surface area contributed by atoms with Crippen LogP contribution in [0, 0.1) is 18.3 Å². The third-order valence-corrected chi connectivity index (χ3v) is 3.00. The summed E-state index contributed by atoms with van der Waals surface area (Å²) in [7, 11) is 3.17. The molecule has 0 aromatic heterocycles. The third-order valence-electron chi connectivity index (χ3n) is 2.18. The summed E-state index contributed by atoms with van der Waals surface area (Å²) in [4.78, 5) is 0. The molecule has 0 fully saturated rings. The summed E-state index contributed by atoms with van der Waals surface area (Å²) in [6.45, 7) is 1.93. The highest BCUT2D eigenvalue weighted by molar-refractivity contribution is 9.10. The summed E-state index contributed by atoms with van der Waals surface area (Å²) in [5, 5.41) is 8.70. The monoisotopic (exact) mass is 269 g/mol. The van der Waals surface area contributed by atoms with Gasteiger partial charge in [0.25, 0.3) is 0 Å². The third kappa shape index (κ3) is 2.24. The molecule has 0 atom stereocenters. The second kappa shape index (κ2) is 5.04. The van der Waals surface area contributed by atoms with Crippen LogP contribution in [-0.2, 0) is 6.42 Å². The van der Waals surface area contributed by atoms with Gasteiger partial charge in [0.1, 0.15) is 0 Å². The molecule has 0 amide bonds. The second-order valence-electron chi connectivity index (χ2n) is 3.04. The van der Waals surface area contributed by atoms with Crippen LogP contribution in [0.25, 0.3) is 0 Å². The van der Waals surface area contributed by atoms with E-state index in [1.54, 1.807) is 14.2 Å². The topological polar surface area (TPSA) is 42.2 Å². The second-order valence-corrected chi connectivity index (χ2v) is 3.90. The number of ether oxygens (including phenoxy) is 2. The molecule has 0 aliphatic carbocycles. The molecule has 1 aromatic rings. The standard InChI is InChI=1S/C11H12BrNO2/c1-7-9(12)6-8(4-5-13)11(15-3)10(7)14-2/h6H,4H2,1-3H3. The first kappa shape index (κ1) is 11.9. The van der Waals surface area contributed by atoms with Gasteiger partial charge in [-0.1, -0.05) is 15.9 Å². The van der Waals surface area contributed by atoms with Crippen LogP contribution in [-0.4, -0.2) is 14.2 Å². The number of hydrogen-bond acceptors (Lipinski definition) is 3. The van der Waals surface area contributed by atoms with Gasteiger partial charge in [-0.25, -0.2) is 0 Å². The van der Waals surface area contributed by atoms with Crippen molar-refractivity contribution in [2.24, 2.45) is 0 Å². The molecule has 0 saturated heterocycles. The van der Waals surface area contributed by atoms with E-state index in [0.29, 0.717) is 17.9 Å². The van der Waals surface area contributed by atoms with E-state index in [4.69, 9.17) is 14.7 Å². The first-order chi connectivity index (χ1) is 7.15. The van der Waals surface area contributed by atoms with Gasteiger partial charge in [-0.2, -0.15) is 5.26 Å². The van der Waals surface area contributed by atoms with Gasteiger partial charge in [0.15, 0.2) is 11.5 Å². The van der Waals surface area contributed by atoms with Gasteiger partial charge in [-0.3, -0.25) is 0 Å². The summed E-state index contributed by atoms with van der Waals surface area (Å²) in [5.74, 6) is 1.32. The van der Waals surface area contributed by atoms with Gasteiger partial charge >= 0.3 is 0 Å². The van der Waals surface area contributed by atoms with Crippen molar-refractivity contribution in [3.8, 4) is 17.6 Å². The molecule has 1 aromatic carbocycles. The fourth-order valence-electron chi connectivity index (χ4n) is 1.44. The van der Waals surface area contributed by atoms with Crippen molar-refractivity contribution in [1.82, 2.24) is 0 Å². The quantitative estimate of drug-likeness (QED) is 0.848. The van der Waals surface area contributed by atoms with Gasteiger partial charge < -0.3 is 9.47 Å².